The van der Waals surface area contributed by atoms with Crippen LogP contribution in [-0.4, -0.2) is 23.0 Å². The standard InChI is InChI=1S/C15H17NO3S/c1-15(2,3)12(14(18)19)16-13(17)10-8-20-11-7-5-4-6-9(10)11/h4-8,12H,1-3H3,(H,16,17)(H,18,19)/t12-/m1/s1. The van der Waals surface area contributed by atoms with Crippen LogP contribution in [0, 0.1) is 5.41 Å². The summed E-state index contributed by atoms with van der Waals surface area (Å²) in [5.74, 6) is -1.37. The summed E-state index contributed by atoms with van der Waals surface area (Å²) in [7, 11) is 0. The number of hydrogen-bond acceptors (Lipinski definition) is 3. The van der Waals surface area contributed by atoms with Crippen molar-refractivity contribution in [2.75, 3.05) is 0 Å². The first-order valence-corrected chi connectivity index (χ1v) is 7.18. The molecule has 0 saturated heterocycles. The molecule has 0 aliphatic rings. The number of fused-ring (bicyclic) bond motifs is 1. The Labute approximate surface area is 121 Å². The van der Waals surface area contributed by atoms with Gasteiger partial charge in [0.05, 0.1) is 5.56 Å². The number of aliphatic carboxylic acids is 1. The van der Waals surface area contributed by atoms with E-state index in [1.807, 2.05) is 24.3 Å². The summed E-state index contributed by atoms with van der Waals surface area (Å²) >= 11 is 1.48. The van der Waals surface area contributed by atoms with Gasteiger partial charge >= 0.3 is 5.97 Å². The lowest BCUT2D eigenvalue weighted by molar-refractivity contribution is -0.142. The molecule has 0 bridgehead atoms. The van der Waals surface area contributed by atoms with Gasteiger partial charge in [-0.1, -0.05) is 39.0 Å². The van der Waals surface area contributed by atoms with E-state index >= 15 is 0 Å². The molecule has 2 aromatic rings. The van der Waals surface area contributed by atoms with Crippen LogP contribution in [0.1, 0.15) is 31.1 Å². The fourth-order valence-electron chi connectivity index (χ4n) is 2.01. The molecule has 20 heavy (non-hydrogen) atoms. The summed E-state index contributed by atoms with van der Waals surface area (Å²) in [6.07, 6.45) is 0. The predicted octanol–water partition coefficient (Wildman–Crippen LogP) is 3.13. The van der Waals surface area contributed by atoms with E-state index in [1.54, 1.807) is 26.2 Å². The Hall–Kier alpha value is -1.88. The summed E-state index contributed by atoms with van der Waals surface area (Å²) in [6.45, 7) is 5.37. The van der Waals surface area contributed by atoms with Crippen molar-refractivity contribution >= 4 is 33.3 Å². The van der Waals surface area contributed by atoms with E-state index in [4.69, 9.17) is 0 Å². The van der Waals surface area contributed by atoms with E-state index in [2.05, 4.69) is 5.32 Å². The molecule has 2 N–H and O–H groups in total. The molecule has 1 aromatic heterocycles. The number of hydrogen-bond donors (Lipinski definition) is 2. The maximum Gasteiger partial charge on any atom is 0.326 e. The first-order chi connectivity index (χ1) is 9.30. The van der Waals surface area contributed by atoms with Crippen molar-refractivity contribution in [3.8, 4) is 0 Å². The normalized spacial score (nSPS) is 13.2. The van der Waals surface area contributed by atoms with Gasteiger partial charge in [0.1, 0.15) is 6.04 Å². The molecule has 0 unspecified atom stereocenters. The highest BCUT2D eigenvalue weighted by atomic mass is 32.1. The van der Waals surface area contributed by atoms with Gasteiger partial charge in [0.25, 0.3) is 5.91 Å². The first-order valence-electron chi connectivity index (χ1n) is 6.30. The van der Waals surface area contributed by atoms with E-state index in [1.165, 1.54) is 11.3 Å². The smallest absolute Gasteiger partial charge is 0.326 e. The van der Waals surface area contributed by atoms with Crippen molar-refractivity contribution < 1.29 is 14.7 Å². The molecular weight excluding hydrogens is 274 g/mol. The zero-order valence-electron chi connectivity index (χ0n) is 11.6. The molecule has 0 saturated carbocycles. The topological polar surface area (TPSA) is 66.4 Å². The molecule has 1 heterocycles. The Morgan fingerprint density at radius 1 is 1.25 bits per heavy atom. The number of carbonyl (C=O) groups excluding carboxylic acids is 1. The monoisotopic (exact) mass is 291 g/mol. The molecule has 0 spiro atoms. The van der Waals surface area contributed by atoms with Crippen LogP contribution in [0.5, 0.6) is 0 Å². The predicted molar refractivity (Wildman–Crippen MR) is 80.2 cm³/mol. The average Bonchev–Trinajstić information content (AvgIpc) is 2.77. The second kappa shape index (κ2) is 5.25. The summed E-state index contributed by atoms with van der Waals surface area (Å²) in [5, 5.41) is 14.5. The molecule has 1 aromatic carbocycles. The van der Waals surface area contributed by atoms with Crippen LogP contribution in [0.4, 0.5) is 0 Å². The average molecular weight is 291 g/mol. The number of thiophene rings is 1. The quantitative estimate of drug-likeness (QED) is 0.913. The maximum atomic E-state index is 12.3. The maximum absolute atomic E-state index is 12.3. The Morgan fingerprint density at radius 3 is 2.50 bits per heavy atom. The molecule has 1 amide bonds. The van der Waals surface area contributed by atoms with Crippen LogP contribution in [-0.2, 0) is 4.79 Å². The van der Waals surface area contributed by atoms with Gasteiger partial charge in [-0.05, 0) is 11.5 Å². The molecule has 1 atom stereocenters. The lowest BCUT2D eigenvalue weighted by atomic mass is 9.86. The van der Waals surface area contributed by atoms with Gasteiger partial charge in [-0.25, -0.2) is 4.79 Å². The van der Waals surface area contributed by atoms with Gasteiger partial charge in [-0.3, -0.25) is 4.79 Å². The third kappa shape index (κ3) is 2.82. The summed E-state index contributed by atoms with van der Waals surface area (Å²) in [4.78, 5) is 23.6. The minimum atomic E-state index is -1.02. The fourth-order valence-corrected chi connectivity index (χ4v) is 2.95. The number of carboxylic acid groups (broad SMARTS) is 1. The number of rotatable bonds is 3. The highest BCUT2D eigenvalue weighted by Crippen LogP contribution is 2.26. The molecule has 2 rings (SSSR count). The number of carbonyl (C=O) groups is 2. The number of carboxylic acids is 1. The van der Waals surface area contributed by atoms with Gasteiger partial charge in [0.15, 0.2) is 0 Å². The van der Waals surface area contributed by atoms with Crippen LogP contribution in [0.3, 0.4) is 0 Å². The van der Waals surface area contributed by atoms with Gasteiger partial charge in [-0.2, -0.15) is 0 Å². The largest absolute Gasteiger partial charge is 0.480 e. The van der Waals surface area contributed by atoms with Crippen molar-refractivity contribution in [1.29, 1.82) is 0 Å². The molecule has 0 fully saturated rings. The van der Waals surface area contributed by atoms with Gasteiger partial charge in [0.2, 0.25) is 0 Å². The lowest BCUT2D eigenvalue weighted by Crippen LogP contribution is -2.49. The van der Waals surface area contributed by atoms with Crippen LogP contribution >= 0.6 is 11.3 Å². The van der Waals surface area contributed by atoms with Gasteiger partial charge in [-0.15, -0.1) is 11.3 Å². The van der Waals surface area contributed by atoms with Crippen LogP contribution < -0.4 is 5.32 Å². The van der Waals surface area contributed by atoms with Crippen molar-refractivity contribution in [3.63, 3.8) is 0 Å². The Morgan fingerprint density at radius 2 is 1.90 bits per heavy atom. The first kappa shape index (κ1) is 14.5. The fraction of sp³-hybridized carbons (Fsp3) is 0.333. The highest BCUT2D eigenvalue weighted by Gasteiger charge is 2.33. The number of nitrogens with one attached hydrogen (secondary N) is 1. The van der Waals surface area contributed by atoms with Crippen LogP contribution in [0.2, 0.25) is 0 Å². The number of amides is 1. The summed E-state index contributed by atoms with van der Waals surface area (Å²) < 4.78 is 1.01. The van der Waals surface area contributed by atoms with Crippen LogP contribution in [0.25, 0.3) is 10.1 Å². The SMILES string of the molecule is CC(C)(C)[C@H](NC(=O)c1csc2ccccc12)C(=O)O. The van der Waals surface area contributed by atoms with Gasteiger partial charge < -0.3 is 10.4 Å². The van der Waals surface area contributed by atoms with Crippen molar-refractivity contribution in [1.82, 2.24) is 5.32 Å². The highest BCUT2D eigenvalue weighted by molar-refractivity contribution is 7.17. The lowest BCUT2D eigenvalue weighted by Gasteiger charge is -2.27. The summed E-state index contributed by atoms with van der Waals surface area (Å²) in [5.41, 5.74) is -0.0195. The van der Waals surface area contributed by atoms with Crippen LogP contribution in [0.15, 0.2) is 29.6 Å². The number of benzene rings is 1. The Bertz CT molecular complexity index is 654. The van der Waals surface area contributed by atoms with Crippen molar-refractivity contribution in [2.45, 2.75) is 26.8 Å². The molecule has 4 nitrogen and oxygen atoms in total. The molecule has 0 aliphatic carbocycles. The van der Waals surface area contributed by atoms with Crippen molar-refractivity contribution in [2.24, 2.45) is 5.41 Å². The second-order valence-corrected chi connectivity index (χ2v) is 6.67. The van der Waals surface area contributed by atoms with E-state index in [9.17, 15) is 14.7 Å². The zero-order chi connectivity index (χ0) is 14.9. The minimum absolute atomic E-state index is 0.343. The third-order valence-electron chi connectivity index (χ3n) is 3.11. The summed E-state index contributed by atoms with van der Waals surface area (Å²) in [6, 6.07) is 6.66. The van der Waals surface area contributed by atoms with E-state index in [-0.39, 0.29) is 5.91 Å². The molecule has 0 aliphatic heterocycles. The Kier molecular flexibility index (Phi) is 3.81. The zero-order valence-corrected chi connectivity index (χ0v) is 12.5. The van der Waals surface area contributed by atoms with E-state index in [0.717, 1.165) is 10.1 Å². The molecule has 0 radical (unpaired) electrons. The van der Waals surface area contributed by atoms with E-state index < -0.39 is 17.4 Å². The minimum Gasteiger partial charge on any atom is -0.480 e. The Balaban J connectivity index is 2.30. The second-order valence-electron chi connectivity index (χ2n) is 5.76. The third-order valence-corrected chi connectivity index (χ3v) is 4.08. The van der Waals surface area contributed by atoms with E-state index in [0.29, 0.717) is 5.56 Å². The van der Waals surface area contributed by atoms with Crippen molar-refractivity contribution in [3.05, 3.63) is 35.2 Å². The molecule has 106 valence electrons. The molecule has 5 heteroatoms. The van der Waals surface area contributed by atoms with Gasteiger partial charge in [0, 0.05) is 15.5 Å². The molecular formula is C15H17NO3S.